The normalized spacial score (nSPS) is 11.9. The molecule has 0 radical (unpaired) electrons. The Bertz CT molecular complexity index is 653. The average molecular weight is 358 g/mol. The van der Waals surface area contributed by atoms with Crippen molar-refractivity contribution < 1.29 is 22.1 Å². The van der Waals surface area contributed by atoms with Gasteiger partial charge in [-0.3, -0.25) is 0 Å². The molecule has 136 valence electrons. The summed E-state index contributed by atoms with van der Waals surface area (Å²) in [5.41, 5.74) is 0.403. The van der Waals surface area contributed by atoms with Gasteiger partial charge < -0.3 is 19.1 Å². The molecule has 1 aromatic rings. The van der Waals surface area contributed by atoms with Gasteiger partial charge in [0.15, 0.2) is 0 Å². The molecule has 0 fully saturated rings. The lowest BCUT2D eigenvalue weighted by Crippen LogP contribution is -2.49. The molecule has 0 saturated carbocycles. The third kappa shape index (κ3) is 8.16. The number of carbonyl (C=O) groups is 1. The number of hydrogen-bond donors (Lipinski definition) is 1. The number of amides is 2. The largest absolute Gasteiger partial charge is 0.383 e. The number of ether oxygens (including phenoxy) is 1. The van der Waals surface area contributed by atoms with Crippen molar-refractivity contribution in [2.45, 2.75) is 32.9 Å². The number of carbonyl (C=O) groups excluding carboxylic acids is 1. The first-order valence-corrected chi connectivity index (χ1v) is 9.36. The summed E-state index contributed by atoms with van der Waals surface area (Å²) in [5, 5.41) is 2.91. The summed E-state index contributed by atoms with van der Waals surface area (Å²) in [5.74, 6) is 0.220. The average Bonchev–Trinajstić information content (AvgIpc) is 2.40. The smallest absolute Gasteiger partial charge is 0.318 e. The number of rotatable bonds is 7. The van der Waals surface area contributed by atoms with Gasteiger partial charge in [0.25, 0.3) is 0 Å². The van der Waals surface area contributed by atoms with Crippen molar-refractivity contribution in [2.24, 2.45) is 0 Å². The lowest BCUT2D eigenvalue weighted by Gasteiger charge is -2.28. The Morgan fingerprint density at radius 3 is 2.50 bits per heavy atom. The van der Waals surface area contributed by atoms with Crippen molar-refractivity contribution in [3.05, 3.63) is 29.8 Å². The van der Waals surface area contributed by atoms with Crippen molar-refractivity contribution in [1.29, 1.82) is 0 Å². The molecule has 1 rings (SSSR count). The molecule has 2 amide bonds. The van der Waals surface area contributed by atoms with Crippen LogP contribution in [0.4, 0.5) is 4.79 Å². The summed E-state index contributed by atoms with van der Waals surface area (Å²) in [7, 11) is -2.02. The van der Waals surface area contributed by atoms with Crippen LogP contribution in [0.5, 0.6) is 5.75 Å². The van der Waals surface area contributed by atoms with Crippen LogP contribution in [-0.4, -0.2) is 51.4 Å². The molecule has 0 aliphatic heterocycles. The monoisotopic (exact) mass is 358 g/mol. The van der Waals surface area contributed by atoms with Crippen LogP contribution in [0.15, 0.2) is 24.3 Å². The van der Waals surface area contributed by atoms with E-state index < -0.39 is 10.1 Å². The number of nitrogens with one attached hydrogen (secondary N) is 1. The Morgan fingerprint density at radius 1 is 1.29 bits per heavy atom. The highest BCUT2D eigenvalue weighted by Crippen LogP contribution is 2.17. The molecule has 0 aliphatic carbocycles. The molecule has 0 aromatic heterocycles. The maximum Gasteiger partial charge on any atom is 0.318 e. The Balaban J connectivity index is 2.89. The Morgan fingerprint density at radius 2 is 1.96 bits per heavy atom. The zero-order valence-electron chi connectivity index (χ0n) is 14.8. The van der Waals surface area contributed by atoms with Crippen LogP contribution >= 0.6 is 0 Å². The molecule has 0 aliphatic rings. The second-order valence-corrected chi connectivity index (χ2v) is 8.10. The van der Waals surface area contributed by atoms with E-state index in [-0.39, 0.29) is 17.3 Å². The highest BCUT2D eigenvalue weighted by atomic mass is 32.2. The molecule has 7 nitrogen and oxygen atoms in total. The Hall–Kier alpha value is -1.80. The van der Waals surface area contributed by atoms with Gasteiger partial charge in [-0.15, -0.1) is 0 Å². The van der Waals surface area contributed by atoms with E-state index in [1.165, 1.54) is 0 Å². The van der Waals surface area contributed by atoms with Gasteiger partial charge in [0, 0.05) is 25.7 Å². The third-order valence-corrected chi connectivity index (χ3v) is 3.35. The minimum Gasteiger partial charge on any atom is -0.383 e. The number of hydrogen-bond acceptors (Lipinski definition) is 5. The zero-order chi connectivity index (χ0) is 18.4. The first kappa shape index (κ1) is 20.2. The fraction of sp³-hybridized carbons (Fsp3) is 0.562. The van der Waals surface area contributed by atoms with E-state index in [0.29, 0.717) is 19.7 Å². The molecule has 0 unspecified atom stereocenters. The Kier molecular flexibility index (Phi) is 7.04. The van der Waals surface area contributed by atoms with Gasteiger partial charge >= 0.3 is 16.1 Å². The molecule has 1 N–H and O–H groups in total. The molecular formula is C16H26N2O5S. The molecule has 0 bridgehead atoms. The maximum atomic E-state index is 12.4. The van der Waals surface area contributed by atoms with Crippen molar-refractivity contribution in [3.8, 4) is 5.75 Å². The number of methoxy groups -OCH3 is 1. The van der Waals surface area contributed by atoms with Crippen LogP contribution in [-0.2, 0) is 21.4 Å². The summed E-state index contributed by atoms with van der Waals surface area (Å²) in [4.78, 5) is 14.0. The molecule has 8 heteroatoms. The lowest BCUT2D eigenvalue weighted by molar-refractivity contribution is 0.142. The van der Waals surface area contributed by atoms with Crippen molar-refractivity contribution in [3.63, 3.8) is 0 Å². The second kappa shape index (κ2) is 8.34. The van der Waals surface area contributed by atoms with Crippen LogP contribution < -0.4 is 9.50 Å². The highest BCUT2D eigenvalue weighted by Gasteiger charge is 2.20. The topological polar surface area (TPSA) is 84.9 Å². The fourth-order valence-electron chi connectivity index (χ4n) is 1.94. The van der Waals surface area contributed by atoms with Gasteiger partial charge in [-0.2, -0.15) is 8.42 Å². The second-order valence-electron chi connectivity index (χ2n) is 6.53. The SMILES string of the molecule is COCCN(Cc1cccc(OS(C)(=O)=O)c1)C(=O)NC(C)(C)C. The van der Waals surface area contributed by atoms with Crippen LogP contribution in [0.3, 0.4) is 0 Å². The van der Waals surface area contributed by atoms with E-state index >= 15 is 0 Å². The van der Waals surface area contributed by atoms with E-state index in [4.69, 9.17) is 8.92 Å². The zero-order valence-corrected chi connectivity index (χ0v) is 15.6. The van der Waals surface area contributed by atoms with E-state index in [1.54, 1.807) is 36.3 Å². The molecule has 24 heavy (non-hydrogen) atoms. The summed E-state index contributed by atoms with van der Waals surface area (Å²) in [6.45, 7) is 6.83. The van der Waals surface area contributed by atoms with Gasteiger partial charge in [-0.25, -0.2) is 4.79 Å². The minimum atomic E-state index is -3.59. The Labute approximate surface area is 144 Å². The van der Waals surface area contributed by atoms with Crippen molar-refractivity contribution >= 4 is 16.1 Å². The molecule has 0 spiro atoms. The molecule has 0 saturated heterocycles. The lowest BCUT2D eigenvalue weighted by atomic mass is 10.1. The first-order chi connectivity index (χ1) is 11.0. The third-order valence-electron chi connectivity index (χ3n) is 2.85. The van der Waals surface area contributed by atoms with Gasteiger partial charge in [-0.1, -0.05) is 12.1 Å². The molecule has 1 aromatic carbocycles. The molecule has 0 atom stereocenters. The summed E-state index contributed by atoms with van der Waals surface area (Å²) in [6.07, 6.45) is 0.987. The number of urea groups is 1. The van der Waals surface area contributed by atoms with Gasteiger partial charge in [0.1, 0.15) is 5.75 Å². The summed E-state index contributed by atoms with van der Waals surface area (Å²) >= 11 is 0. The van der Waals surface area contributed by atoms with Gasteiger partial charge in [-0.05, 0) is 38.5 Å². The van der Waals surface area contributed by atoms with Gasteiger partial charge in [0.2, 0.25) is 0 Å². The summed E-state index contributed by atoms with van der Waals surface area (Å²) in [6, 6.07) is 6.43. The maximum absolute atomic E-state index is 12.4. The minimum absolute atomic E-state index is 0.214. The van der Waals surface area contributed by atoms with Crippen molar-refractivity contribution in [1.82, 2.24) is 10.2 Å². The van der Waals surface area contributed by atoms with E-state index in [1.807, 2.05) is 20.8 Å². The standard InChI is InChI=1S/C16H26N2O5S/c1-16(2,3)17-15(19)18(9-10-22-4)12-13-7-6-8-14(11-13)23-24(5,20)21/h6-8,11H,9-10,12H2,1-5H3,(H,17,19). The van der Waals surface area contributed by atoms with E-state index in [2.05, 4.69) is 5.32 Å². The van der Waals surface area contributed by atoms with Crippen LogP contribution in [0.2, 0.25) is 0 Å². The van der Waals surface area contributed by atoms with Crippen LogP contribution in [0.1, 0.15) is 26.3 Å². The first-order valence-electron chi connectivity index (χ1n) is 7.54. The predicted molar refractivity (Wildman–Crippen MR) is 92.5 cm³/mol. The quantitative estimate of drug-likeness (QED) is 0.754. The number of nitrogens with zero attached hydrogens (tertiary/aromatic N) is 1. The van der Waals surface area contributed by atoms with E-state index in [0.717, 1.165) is 11.8 Å². The highest BCUT2D eigenvalue weighted by molar-refractivity contribution is 7.86. The van der Waals surface area contributed by atoms with Crippen molar-refractivity contribution in [2.75, 3.05) is 26.5 Å². The van der Waals surface area contributed by atoms with Crippen LogP contribution in [0, 0.1) is 0 Å². The molecular weight excluding hydrogens is 332 g/mol. The van der Waals surface area contributed by atoms with E-state index in [9.17, 15) is 13.2 Å². The fourth-order valence-corrected chi connectivity index (χ4v) is 2.40. The number of benzene rings is 1. The van der Waals surface area contributed by atoms with Gasteiger partial charge in [0.05, 0.1) is 12.9 Å². The van der Waals surface area contributed by atoms with Crippen LogP contribution in [0.25, 0.3) is 0 Å². The summed E-state index contributed by atoms with van der Waals surface area (Å²) < 4.78 is 32.4. The predicted octanol–water partition coefficient (Wildman–Crippen LogP) is 1.98. The molecule has 0 heterocycles.